The number of para-hydroxylation sites is 1. The molecule has 0 aliphatic rings. The smallest absolute Gasteiger partial charge is 0.291 e. The molecule has 3 aromatic rings. The van der Waals surface area contributed by atoms with Crippen molar-refractivity contribution in [2.45, 2.75) is 6.54 Å². The zero-order valence-corrected chi connectivity index (χ0v) is 15.0. The number of methoxy groups -OCH3 is 1. The zero-order valence-electron chi connectivity index (χ0n) is 15.0. The first-order chi connectivity index (χ1) is 13.6. The molecule has 9 nitrogen and oxygen atoms in total. The number of nitrogens with zero attached hydrogens (tertiary/aromatic N) is 4. The van der Waals surface area contributed by atoms with Gasteiger partial charge in [-0.2, -0.15) is 10.2 Å². The molecule has 0 aliphatic carbocycles. The summed E-state index contributed by atoms with van der Waals surface area (Å²) in [5.74, 6) is 0.196. The van der Waals surface area contributed by atoms with Crippen LogP contribution in [0, 0.1) is 10.1 Å². The molecule has 0 unspecified atom stereocenters. The van der Waals surface area contributed by atoms with E-state index in [0.717, 1.165) is 11.1 Å². The lowest BCUT2D eigenvalue weighted by molar-refractivity contribution is -0.384. The predicted molar refractivity (Wildman–Crippen MR) is 102 cm³/mol. The van der Waals surface area contributed by atoms with Gasteiger partial charge in [0.1, 0.15) is 5.75 Å². The van der Waals surface area contributed by atoms with Crippen LogP contribution in [-0.4, -0.2) is 33.9 Å². The van der Waals surface area contributed by atoms with E-state index in [1.165, 1.54) is 18.3 Å². The number of carbonyl (C=O) groups excluding carboxylic acids is 1. The van der Waals surface area contributed by atoms with Crippen molar-refractivity contribution in [2.75, 3.05) is 7.11 Å². The summed E-state index contributed by atoms with van der Waals surface area (Å²) in [7, 11) is 1.56. The molecule has 0 saturated carbocycles. The number of benzene rings is 2. The fourth-order valence-corrected chi connectivity index (χ4v) is 2.47. The number of hydrogen-bond acceptors (Lipinski definition) is 6. The standard InChI is InChI=1S/C19H17N5O4/c1-28-18-5-3-2-4-15(18)12-20-21-19(25)17-10-11-23(22-17)13-14-6-8-16(9-7-14)24(26)27/h2-12H,13H2,1H3,(H,21,25)/b20-12-. The van der Waals surface area contributed by atoms with Crippen molar-refractivity contribution in [3.8, 4) is 5.75 Å². The third-order valence-electron chi connectivity index (χ3n) is 3.87. The van der Waals surface area contributed by atoms with Crippen molar-refractivity contribution < 1.29 is 14.5 Å². The van der Waals surface area contributed by atoms with Crippen LogP contribution in [0.5, 0.6) is 5.75 Å². The number of rotatable bonds is 7. The second-order valence-electron chi connectivity index (χ2n) is 5.76. The monoisotopic (exact) mass is 379 g/mol. The lowest BCUT2D eigenvalue weighted by Crippen LogP contribution is -2.18. The van der Waals surface area contributed by atoms with Crippen molar-refractivity contribution in [1.82, 2.24) is 15.2 Å². The van der Waals surface area contributed by atoms with E-state index >= 15 is 0 Å². The number of nitro groups is 1. The Hall–Kier alpha value is -4.01. The number of ether oxygens (including phenoxy) is 1. The van der Waals surface area contributed by atoms with E-state index in [-0.39, 0.29) is 11.4 Å². The Morgan fingerprint density at radius 3 is 2.71 bits per heavy atom. The van der Waals surface area contributed by atoms with Crippen LogP contribution < -0.4 is 10.2 Å². The molecule has 3 rings (SSSR count). The number of amides is 1. The van der Waals surface area contributed by atoms with Gasteiger partial charge in [0.2, 0.25) is 0 Å². The molecule has 9 heteroatoms. The largest absolute Gasteiger partial charge is 0.496 e. The Bertz CT molecular complexity index is 1010. The Morgan fingerprint density at radius 2 is 2.00 bits per heavy atom. The quantitative estimate of drug-likeness (QED) is 0.385. The number of aromatic nitrogens is 2. The highest BCUT2D eigenvalue weighted by Gasteiger charge is 2.10. The van der Waals surface area contributed by atoms with Gasteiger partial charge in [0.15, 0.2) is 5.69 Å². The Balaban J connectivity index is 1.60. The fourth-order valence-electron chi connectivity index (χ4n) is 2.47. The van der Waals surface area contributed by atoms with E-state index in [2.05, 4.69) is 15.6 Å². The first-order valence-electron chi connectivity index (χ1n) is 8.30. The minimum atomic E-state index is -0.453. The highest BCUT2D eigenvalue weighted by Crippen LogP contribution is 2.15. The molecule has 0 spiro atoms. The van der Waals surface area contributed by atoms with E-state index in [9.17, 15) is 14.9 Å². The van der Waals surface area contributed by atoms with Gasteiger partial charge < -0.3 is 4.74 Å². The molecule has 0 radical (unpaired) electrons. The van der Waals surface area contributed by atoms with Gasteiger partial charge >= 0.3 is 0 Å². The number of non-ortho nitro benzene ring substituents is 1. The molecule has 1 amide bonds. The Morgan fingerprint density at radius 1 is 1.25 bits per heavy atom. The minimum Gasteiger partial charge on any atom is -0.496 e. The summed E-state index contributed by atoms with van der Waals surface area (Å²) in [4.78, 5) is 22.4. The van der Waals surface area contributed by atoms with Gasteiger partial charge in [-0.05, 0) is 23.8 Å². The summed E-state index contributed by atoms with van der Waals surface area (Å²) in [5.41, 5.74) is 4.21. The minimum absolute atomic E-state index is 0.0252. The fraction of sp³-hybridized carbons (Fsp3) is 0.105. The van der Waals surface area contributed by atoms with E-state index in [1.807, 2.05) is 18.2 Å². The van der Waals surface area contributed by atoms with E-state index < -0.39 is 10.8 Å². The predicted octanol–water partition coefficient (Wildman–Crippen LogP) is 2.61. The van der Waals surface area contributed by atoms with Gasteiger partial charge in [0, 0.05) is 23.9 Å². The van der Waals surface area contributed by atoms with Crippen molar-refractivity contribution in [2.24, 2.45) is 5.10 Å². The lowest BCUT2D eigenvalue weighted by atomic mass is 10.2. The highest BCUT2D eigenvalue weighted by molar-refractivity contribution is 5.93. The van der Waals surface area contributed by atoms with Crippen LogP contribution in [-0.2, 0) is 6.54 Å². The number of carbonyl (C=O) groups is 1. The Labute approximate surface area is 160 Å². The molecule has 0 saturated heterocycles. The topological polar surface area (TPSA) is 112 Å². The van der Waals surface area contributed by atoms with E-state index in [4.69, 9.17) is 4.74 Å². The van der Waals surface area contributed by atoms with Crippen molar-refractivity contribution >= 4 is 17.8 Å². The van der Waals surface area contributed by atoms with Crippen molar-refractivity contribution in [1.29, 1.82) is 0 Å². The van der Waals surface area contributed by atoms with Gasteiger partial charge in [-0.1, -0.05) is 24.3 Å². The van der Waals surface area contributed by atoms with Crippen LogP contribution in [0.4, 0.5) is 5.69 Å². The maximum Gasteiger partial charge on any atom is 0.291 e. The first-order valence-corrected chi connectivity index (χ1v) is 8.30. The maximum absolute atomic E-state index is 12.2. The summed E-state index contributed by atoms with van der Waals surface area (Å²) in [6.07, 6.45) is 3.14. The van der Waals surface area contributed by atoms with Gasteiger partial charge in [-0.15, -0.1) is 0 Å². The van der Waals surface area contributed by atoms with Gasteiger partial charge in [-0.25, -0.2) is 5.43 Å². The Kier molecular flexibility index (Phi) is 5.75. The van der Waals surface area contributed by atoms with Crippen LogP contribution in [0.15, 0.2) is 65.9 Å². The van der Waals surface area contributed by atoms with Crippen LogP contribution in [0.3, 0.4) is 0 Å². The van der Waals surface area contributed by atoms with Crippen molar-refractivity contribution in [3.05, 3.63) is 87.7 Å². The lowest BCUT2D eigenvalue weighted by Gasteiger charge is -2.03. The third kappa shape index (κ3) is 4.58. The SMILES string of the molecule is COc1ccccc1/C=N\NC(=O)c1ccn(Cc2ccc([N+](=O)[O-])cc2)n1. The summed E-state index contributed by atoms with van der Waals surface area (Å²) >= 11 is 0. The van der Waals surface area contributed by atoms with Crippen LogP contribution >= 0.6 is 0 Å². The second-order valence-corrected chi connectivity index (χ2v) is 5.76. The van der Waals surface area contributed by atoms with Gasteiger partial charge in [0.25, 0.3) is 11.6 Å². The number of nitrogens with one attached hydrogen (secondary N) is 1. The van der Waals surface area contributed by atoms with Crippen LogP contribution in [0.25, 0.3) is 0 Å². The molecule has 0 fully saturated rings. The van der Waals surface area contributed by atoms with Gasteiger partial charge in [-0.3, -0.25) is 19.6 Å². The third-order valence-corrected chi connectivity index (χ3v) is 3.87. The summed E-state index contributed by atoms with van der Waals surface area (Å²) < 4.78 is 6.78. The molecule has 142 valence electrons. The summed E-state index contributed by atoms with van der Waals surface area (Å²) in [6.45, 7) is 0.385. The summed E-state index contributed by atoms with van der Waals surface area (Å²) in [5, 5.41) is 18.8. The molecule has 28 heavy (non-hydrogen) atoms. The number of nitro benzene ring substituents is 1. The normalized spacial score (nSPS) is 10.8. The second kappa shape index (κ2) is 8.58. The van der Waals surface area contributed by atoms with Crippen molar-refractivity contribution in [3.63, 3.8) is 0 Å². The van der Waals surface area contributed by atoms with E-state index in [1.54, 1.807) is 42.3 Å². The molecular formula is C19H17N5O4. The average Bonchev–Trinajstić information content (AvgIpc) is 3.17. The number of hydrazone groups is 1. The molecule has 0 bridgehead atoms. The molecule has 0 atom stereocenters. The summed E-state index contributed by atoms with van der Waals surface area (Å²) in [6, 6.07) is 15.0. The maximum atomic E-state index is 12.2. The molecular weight excluding hydrogens is 362 g/mol. The first kappa shape index (κ1) is 18.8. The molecule has 1 aromatic heterocycles. The highest BCUT2D eigenvalue weighted by atomic mass is 16.6. The average molecular weight is 379 g/mol. The van der Waals surface area contributed by atoms with Crippen LogP contribution in [0.1, 0.15) is 21.6 Å². The molecule has 1 N–H and O–H groups in total. The molecule has 1 heterocycles. The number of hydrogen-bond donors (Lipinski definition) is 1. The van der Waals surface area contributed by atoms with E-state index in [0.29, 0.717) is 12.3 Å². The molecule has 0 aliphatic heterocycles. The molecule has 2 aromatic carbocycles. The van der Waals surface area contributed by atoms with Crippen LogP contribution in [0.2, 0.25) is 0 Å². The van der Waals surface area contributed by atoms with Gasteiger partial charge in [0.05, 0.1) is 24.8 Å². The zero-order chi connectivity index (χ0) is 19.9.